The first-order chi connectivity index (χ1) is 13.5. The number of aromatic nitrogens is 3. The first kappa shape index (κ1) is 18.6. The summed E-state index contributed by atoms with van der Waals surface area (Å²) in [6, 6.07) is 10.6. The van der Waals surface area contributed by atoms with Crippen LogP contribution in [0.25, 0.3) is 11.0 Å². The number of hydrogen-bond donors (Lipinski definition) is 1. The fourth-order valence-electron chi connectivity index (χ4n) is 4.02. The van der Waals surface area contributed by atoms with Crippen LogP contribution in [0.3, 0.4) is 0 Å². The number of nitrogens with one attached hydrogen (secondary N) is 1. The third-order valence-corrected chi connectivity index (χ3v) is 5.70. The van der Waals surface area contributed by atoms with E-state index < -0.39 is 0 Å². The van der Waals surface area contributed by atoms with Crippen molar-refractivity contribution < 1.29 is 4.79 Å². The molecule has 1 aliphatic heterocycles. The molecular weight excluding hydrogens is 350 g/mol. The van der Waals surface area contributed by atoms with Crippen molar-refractivity contribution in [3.05, 3.63) is 58.4 Å². The number of pyridine rings is 1. The van der Waals surface area contributed by atoms with E-state index in [0.29, 0.717) is 12.1 Å². The maximum atomic E-state index is 13.5. The van der Waals surface area contributed by atoms with Gasteiger partial charge in [0.05, 0.1) is 23.0 Å². The van der Waals surface area contributed by atoms with Crippen molar-refractivity contribution in [2.24, 2.45) is 7.05 Å². The van der Waals surface area contributed by atoms with Crippen molar-refractivity contribution in [1.29, 1.82) is 0 Å². The summed E-state index contributed by atoms with van der Waals surface area (Å²) in [4.78, 5) is 20.2. The van der Waals surface area contributed by atoms with Gasteiger partial charge in [-0.05, 0) is 37.5 Å². The lowest BCUT2D eigenvalue weighted by molar-refractivity contribution is 0.0633. The molecule has 1 atom stereocenters. The average Bonchev–Trinajstić information content (AvgIpc) is 2.99. The molecular formula is C22H27N5O. The monoisotopic (exact) mass is 377 g/mol. The van der Waals surface area contributed by atoms with Crippen molar-refractivity contribution >= 4 is 16.9 Å². The molecule has 3 aromatic rings. The highest BCUT2D eigenvalue weighted by molar-refractivity contribution is 5.99. The molecule has 0 spiro atoms. The van der Waals surface area contributed by atoms with Gasteiger partial charge in [-0.3, -0.25) is 9.48 Å². The summed E-state index contributed by atoms with van der Waals surface area (Å²) in [6.45, 7) is 8.26. The van der Waals surface area contributed by atoms with E-state index in [4.69, 9.17) is 0 Å². The minimum Gasteiger partial charge on any atom is -0.329 e. The highest BCUT2D eigenvalue weighted by Crippen LogP contribution is 2.27. The quantitative estimate of drug-likeness (QED) is 0.762. The fraction of sp³-hybridized carbons (Fsp3) is 0.409. The van der Waals surface area contributed by atoms with Crippen molar-refractivity contribution in [2.75, 3.05) is 19.6 Å². The van der Waals surface area contributed by atoms with Gasteiger partial charge in [-0.1, -0.05) is 31.2 Å². The summed E-state index contributed by atoms with van der Waals surface area (Å²) in [7, 11) is 1.88. The molecule has 4 rings (SSSR count). The maximum absolute atomic E-state index is 13.5. The van der Waals surface area contributed by atoms with Gasteiger partial charge in [0.25, 0.3) is 5.91 Å². The van der Waals surface area contributed by atoms with Crippen LogP contribution in [0.4, 0.5) is 0 Å². The molecule has 146 valence electrons. The Bertz CT molecular complexity index is 1020. The lowest BCUT2D eigenvalue weighted by Crippen LogP contribution is -2.48. The van der Waals surface area contributed by atoms with Crippen molar-refractivity contribution in [1.82, 2.24) is 25.0 Å². The van der Waals surface area contributed by atoms with Crippen LogP contribution in [0, 0.1) is 13.8 Å². The predicted octanol–water partition coefficient (Wildman–Crippen LogP) is 2.93. The van der Waals surface area contributed by atoms with Crippen LogP contribution in [-0.4, -0.2) is 45.2 Å². The molecule has 1 amide bonds. The molecule has 1 unspecified atom stereocenters. The molecule has 1 N–H and O–H groups in total. The molecule has 6 heteroatoms. The van der Waals surface area contributed by atoms with Crippen LogP contribution in [-0.2, 0) is 13.5 Å². The molecule has 3 heterocycles. The van der Waals surface area contributed by atoms with Gasteiger partial charge in [0.2, 0.25) is 0 Å². The summed E-state index contributed by atoms with van der Waals surface area (Å²) in [5.74, 6) is 0.0428. The average molecular weight is 377 g/mol. The summed E-state index contributed by atoms with van der Waals surface area (Å²) in [5, 5.41) is 8.81. The van der Waals surface area contributed by atoms with Gasteiger partial charge in [-0.25, -0.2) is 4.98 Å². The highest BCUT2D eigenvalue weighted by Gasteiger charge is 2.30. The second-order valence-corrected chi connectivity index (χ2v) is 7.52. The van der Waals surface area contributed by atoms with Crippen LogP contribution in [0.1, 0.15) is 45.8 Å². The zero-order chi connectivity index (χ0) is 19.8. The van der Waals surface area contributed by atoms with Gasteiger partial charge < -0.3 is 10.2 Å². The van der Waals surface area contributed by atoms with Gasteiger partial charge in [0, 0.05) is 32.1 Å². The van der Waals surface area contributed by atoms with Crippen LogP contribution in [0.5, 0.6) is 0 Å². The van der Waals surface area contributed by atoms with Crippen molar-refractivity contribution in [3.8, 4) is 0 Å². The van der Waals surface area contributed by atoms with E-state index >= 15 is 0 Å². The molecule has 0 saturated carbocycles. The second kappa shape index (κ2) is 7.36. The normalized spacial score (nSPS) is 17.3. The molecule has 6 nitrogen and oxygen atoms in total. The number of aryl methyl sites for hydroxylation is 4. The van der Waals surface area contributed by atoms with Crippen molar-refractivity contribution in [2.45, 2.75) is 33.2 Å². The Morgan fingerprint density at radius 3 is 2.68 bits per heavy atom. The lowest BCUT2D eigenvalue weighted by atomic mass is 9.99. The maximum Gasteiger partial charge on any atom is 0.256 e. The minimum atomic E-state index is 0.0252. The fourth-order valence-corrected chi connectivity index (χ4v) is 4.02. The van der Waals surface area contributed by atoms with E-state index in [2.05, 4.69) is 46.6 Å². The summed E-state index contributed by atoms with van der Waals surface area (Å²) >= 11 is 0. The Balaban J connectivity index is 1.71. The lowest BCUT2D eigenvalue weighted by Gasteiger charge is -2.37. The largest absolute Gasteiger partial charge is 0.329 e. The van der Waals surface area contributed by atoms with Crippen LogP contribution in [0.2, 0.25) is 0 Å². The number of piperazine rings is 1. The number of amides is 1. The summed E-state index contributed by atoms with van der Waals surface area (Å²) in [5.41, 5.74) is 5.61. The molecule has 0 bridgehead atoms. The Labute approximate surface area is 165 Å². The zero-order valence-corrected chi connectivity index (χ0v) is 17.0. The molecule has 1 aromatic carbocycles. The summed E-state index contributed by atoms with van der Waals surface area (Å²) < 4.78 is 1.77. The van der Waals surface area contributed by atoms with Gasteiger partial charge in [-0.15, -0.1) is 0 Å². The topological polar surface area (TPSA) is 63.1 Å². The molecule has 1 fully saturated rings. The Kier molecular flexibility index (Phi) is 4.89. The third kappa shape index (κ3) is 3.18. The van der Waals surface area contributed by atoms with E-state index in [1.54, 1.807) is 4.68 Å². The number of benzene rings is 1. The number of fused-ring (bicyclic) bond motifs is 1. The minimum absolute atomic E-state index is 0.0252. The first-order valence-corrected chi connectivity index (χ1v) is 9.91. The molecule has 0 aliphatic carbocycles. The first-order valence-electron chi connectivity index (χ1n) is 9.91. The van der Waals surface area contributed by atoms with Crippen LogP contribution in [0.15, 0.2) is 30.3 Å². The standard InChI is InChI=1S/C22H27N5O/c1-5-16-6-8-17(9-7-16)20-13-23-10-11-27(20)22(28)19-12-18-15(3)25-26(4)21(18)24-14(19)2/h6-9,12,20,23H,5,10-11,13H2,1-4H3. The molecule has 2 aromatic heterocycles. The molecule has 1 aliphatic rings. The number of carbonyl (C=O) groups is 1. The Morgan fingerprint density at radius 2 is 1.96 bits per heavy atom. The van der Waals surface area contributed by atoms with Crippen LogP contribution >= 0.6 is 0 Å². The number of carbonyl (C=O) groups excluding carboxylic acids is 1. The molecule has 28 heavy (non-hydrogen) atoms. The van der Waals surface area contributed by atoms with Gasteiger partial charge in [-0.2, -0.15) is 5.10 Å². The van der Waals surface area contributed by atoms with E-state index in [1.807, 2.05) is 31.9 Å². The van der Waals surface area contributed by atoms with Crippen molar-refractivity contribution in [3.63, 3.8) is 0 Å². The van der Waals surface area contributed by atoms with E-state index in [9.17, 15) is 4.79 Å². The summed E-state index contributed by atoms with van der Waals surface area (Å²) in [6.07, 6.45) is 1.02. The van der Waals surface area contributed by atoms with Gasteiger partial charge in [0.1, 0.15) is 0 Å². The van der Waals surface area contributed by atoms with E-state index in [-0.39, 0.29) is 11.9 Å². The second-order valence-electron chi connectivity index (χ2n) is 7.52. The predicted molar refractivity (Wildman–Crippen MR) is 110 cm³/mol. The van der Waals surface area contributed by atoms with Gasteiger partial charge in [0.15, 0.2) is 5.65 Å². The number of hydrogen-bond acceptors (Lipinski definition) is 4. The zero-order valence-electron chi connectivity index (χ0n) is 17.0. The van der Waals surface area contributed by atoms with Gasteiger partial charge >= 0.3 is 0 Å². The van der Waals surface area contributed by atoms with E-state index in [1.165, 1.54) is 11.1 Å². The number of nitrogens with zero attached hydrogens (tertiary/aromatic N) is 4. The molecule has 0 radical (unpaired) electrons. The third-order valence-electron chi connectivity index (χ3n) is 5.70. The van der Waals surface area contributed by atoms with Crippen LogP contribution < -0.4 is 5.32 Å². The number of rotatable bonds is 3. The van der Waals surface area contributed by atoms with E-state index in [0.717, 1.165) is 41.9 Å². The Hall–Kier alpha value is -2.73. The molecule has 1 saturated heterocycles. The highest BCUT2D eigenvalue weighted by atomic mass is 16.2. The SMILES string of the molecule is CCc1ccc(C2CNCCN2C(=O)c2cc3c(C)nn(C)c3nc2C)cc1. The Morgan fingerprint density at radius 1 is 1.21 bits per heavy atom. The smallest absolute Gasteiger partial charge is 0.256 e.